The molecule has 0 fully saturated rings. The molecule has 0 unspecified atom stereocenters. The van der Waals surface area contributed by atoms with Crippen LogP contribution in [0.3, 0.4) is 0 Å². The van der Waals surface area contributed by atoms with Crippen LogP contribution < -0.4 is 0 Å². The summed E-state index contributed by atoms with van der Waals surface area (Å²) in [6.07, 6.45) is 0. The summed E-state index contributed by atoms with van der Waals surface area (Å²) in [6, 6.07) is 0. The number of methoxy groups -OCH3 is 1. The van der Waals surface area contributed by atoms with Crippen molar-refractivity contribution in [2.75, 3.05) is 20.3 Å². The van der Waals surface area contributed by atoms with Crippen molar-refractivity contribution in [3.8, 4) is 0 Å². The van der Waals surface area contributed by atoms with Crippen LogP contribution in [0.2, 0.25) is 0 Å². The Morgan fingerprint density at radius 1 is 1.25 bits per heavy atom. The molecule has 12 heavy (non-hydrogen) atoms. The van der Waals surface area contributed by atoms with E-state index in [1.165, 1.54) is 0 Å². The minimum Gasteiger partial charge on any atom is -0.460 e. The fourth-order valence-electron chi connectivity index (χ4n) is 0.594. The minimum absolute atomic E-state index is 0.145. The van der Waals surface area contributed by atoms with Gasteiger partial charge in [0.2, 0.25) is 0 Å². The SMILES string of the molecule is CCOP(=O)(OCC)C(=O)OC. The van der Waals surface area contributed by atoms with Crippen LogP contribution >= 0.6 is 7.60 Å². The molecule has 72 valence electrons. The average Bonchev–Trinajstić information content (AvgIpc) is 2.04. The van der Waals surface area contributed by atoms with Gasteiger partial charge in [-0.1, -0.05) is 0 Å². The lowest BCUT2D eigenvalue weighted by atomic mass is 10.9. The second kappa shape index (κ2) is 5.30. The van der Waals surface area contributed by atoms with E-state index in [-0.39, 0.29) is 13.2 Å². The van der Waals surface area contributed by atoms with Gasteiger partial charge in [-0.05, 0) is 13.8 Å². The number of hydrogen-bond donors (Lipinski definition) is 0. The molecule has 0 aromatic carbocycles. The van der Waals surface area contributed by atoms with E-state index >= 15 is 0 Å². The number of ether oxygens (including phenoxy) is 1. The Hall–Kier alpha value is -0.380. The van der Waals surface area contributed by atoms with E-state index in [9.17, 15) is 9.36 Å². The van der Waals surface area contributed by atoms with E-state index in [1.54, 1.807) is 13.8 Å². The van der Waals surface area contributed by atoms with E-state index in [4.69, 9.17) is 0 Å². The highest BCUT2D eigenvalue weighted by atomic mass is 31.2. The van der Waals surface area contributed by atoms with Crippen LogP contribution in [0.4, 0.5) is 4.79 Å². The number of carbonyl (C=O) groups excluding carboxylic acids is 1. The molecule has 0 rings (SSSR count). The van der Waals surface area contributed by atoms with Gasteiger partial charge >= 0.3 is 13.3 Å². The molecular formula is C6H13O5P. The van der Waals surface area contributed by atoms with Crippen molar-refractivity contribution < 1.29 is 23.1 Å². The third-order valence-corrected chi connectivity index (χ3v) is 2.82. The Morgan fingerprint density at radius 2 is 1.67 bits per heavy atom. The van der Waals surface area contributed by atoms with Crippen LogP contribution in [0.25, 0.3) is 0 Å². The molecule has 0 saturated carbocycles. The summed E-state index contributed by atoms with van der Waals surface area (Å²) < 4.78 is 25.1. The highest BCUT2D eigenvalue weighted by Crippen LogP contribution is 2.49. The van der Waals surface area contributed by atoms with Crippen LogP contribution in [-0.4, -0.2) is 26.0 Å². The Morgan fingerprint density at radius 3 is 1.92 bits per heavy atom. The fraction of sp³-hybridized carbons (Fsp3) is 0.833. The average molecular weight is 196 g/mol. The predicted octanol–water partition coefficient (Wildman–Crippen LogP) is 2.02. The smallest absolute Gasteiger partial charge is 0.438 e. The number of carbonyl (C=O) groups is 1. The maximum atomic E-state index is 11.4. The summed E-state index contributed by atoms with van der Waals surface area (Å²) in [5, 5.41) is 0. The van der Waals surface area contributed by atoms with Crippen LogP contribution in [0.15, 0.2) is 0 Å². The molecule has 0 bridgehead atoms. The largest absolute Gasteiger partial charge is 0.460 e. The van der Waals surface area contributed by atoms with Crippen molar-refractivity contribution in [2.45, 2.75) is 13.8 Å². The first kappa shape index (κ1) is 11.6. The Balaban J connectivity index is 4.38. The molecular weight excluding hydrogens is 183 g/mol. The molecule has 0 radical (unpaired) electrons. The normalized spacial score (nSPS) is 11.2. The first-order valence-electron chi connectivity index (χ1n) is 3.58. The van der Waals surface area contributed by atoms with E-state index in [2.05, 4.69) is 13.8 Å². The van der Waals surface area contributed by atoms with E-state index in [1.807, 2.05) is 0 Å². The van der Waals surface area contributed by atoms with E-state index in [0.29, 0.717) is 0 Å². The maximum Gasteiger partial charge on any atom is 0.438 e. The first-order chi connectivity index (χ1) is 5.60. The lowest BCUT2D eigenvalue weighted by Crippen LogP contribution is -2.06. The lowest BCUT2D eigenvalue weighted by molar-refractivity contribution is 0.167. The molecule has 0 aromatic rings. The highest BCUT2D eigenvalue weighted by molar-refractivity contribution is 7.71. The lowest BCUT2D eigenvalue weighted by Gasteiger charge is -2.13. The molecule has 0 aliphatic rings. The second-order valence-electron chi connectivity index (χ2n) is 1.80. The molecule has 0 spiro atoms. The van der Waals surface area contributed by atoms with Gasteiger partial charge in [0.25, 0.3) is 0 Å². The molecule has 6 heteroatoms. The van der Waals surface area contributed by atoms with Gasteiger partial charge in [-0.2, -0.15) is 0 Å². The monoisotopic (exact) mass is 196 g/mol. The quantitative estimate of drug-likeness (QED) is 0.629. The van der Waals surface area contributed by atoms with Gasteiger partial charge in [0.15, 0.2) is 0 Å². The van der Waals surface area contributed by atoms with Crippen molar-refractivity contribution in [3.05, 3.63) is 0 Å². The molecule has 0 saturated heterocycles. The second-order valence-corrected chi connectivity index (χ2v) is 3.68. The van der Waals surface area contributed by atoms with Crippen molar-refractivity contribution in [1.82, 2.24) is 0 Å². The van der Waals surface area contributed by atoms with E-state index in [0.717, 1.165) is 7.11 Å². The Bertz CT molecular complexity index is 180. The predicted molar refractivity (Wildman–Crippen MR) is 43.3 cm³/mol. The van der Waals surface area contributed by atoms with Crippen LogP contribution in [0, 0.1) is 0 Å². The number of hydrogen-bond acceptors (Lipinski definition) is 5. The topological polar surface area (TPSA) is 61.8 Å². The van der Waals surface area contributed by atoms with Gasteiger partial charge in [-0.15, -0.1) is 0 Å². The van der Waals surface area contributed by atoms with E-state index < -0.39 is 13.3 Å². The summed E-state index contributed by atoms with van der Waals surface area (Å²) in [5.74, 6) is 0. The summed E-state index contributed by atoms with van der Waals surface area (Å²) in [4.78, 5) is 10.9. The fourth-order valence-corrected chi connectivity index (χ4v) is 1.78. The molecule has 0 aromatic heterocycles. The highest BCUT2D eigenvalue weighted by Gasteiger charge is 2.35. The van der Waals surface area contributed by atoms with Gasteiger partial charge in [-0.3, -0.25) is 0 Å². The summed E-state index contributed by atoms with van der Waals surface area (Å²) in [6.45, 7) is 3.53. The maximum absolute atomic E-state index is 11.4. The van der Waals surface area contributed by atoms with Gasteiger partial charge in [0.05, 0.1) is 20.3 Å². The van der Waals surface area contributed by atoms with Crippen molar-refractivity contribution in [2.24, 2.45) is 0 Å². The molecule has 0 heterocycles. The minimum atomic E-state index is -3.67. The summed E-state index contributed by atoms with van der Waals surface area (Å²) in [5.41, 5.74) is -0.953. The molecule has 0 N–H and O–H groups in total. The molecule has 0 atom stereocenters. The van der Waals surface area contributed by atoms with Gasteiger partial charge in [-0.25, -0.2) is 9.36 Å². The summed E-state index contributed by atoms with van der Waals surface area (Å²) in [7, 11) is -2.54. The van der Waals surface area contributed by atoms with Gasteiger partial charge < -0.3 is 13.8 Å². The molecule has 5 nitrogen and oxygen atoms in total. The van der Waals surface area contributed by atoms with Crippen LogP contribution in [-0.2, 0) is 18.3 Å². The Kier molecular flexibility index (Phi) is 5.13. The third kappa shape index (κ3) is 2.93. The standard InChI is InChI=1S/C6H13O5P/c1-4-10-12(8,11-5-2)6(7)9-3/h4-5H2,1-3H3. The van der Waals surface area contributed by atoms with Crippen molar-refractivity contribution >= 4 is 13.3 Å². The zero-order valence-electron chi connectivity index (χ0n) is 7.40. The van der Waals surface area contributed by atoms with Crippen molar-refractivity contribution in [3.63, 3.8) is 0 Å². The third-order valence-electron chi connectivity index (χ3n) is 0.996. The van der Waals surface area contributed by atoms with Gasteiger partial charge in [0.1, 0.15) is 0 Å². The van der Waals surface area contributed by atoms with Crippen molar-refractivity contribution in [1.29, 1.82) is 0 Å². The van der Waals surface area contributed by atoms with Gasteiger partial charge in [0, 0.05) is 0 Å². The Labute approximate surface area is 71.5 Å². The molecule has 0 amide bonds. The first-order valence-corrected chi connectivity index (χ1v) is 5.12. The van der Waals surface area contributed by atoms with Crippen LogP contribution in [0.1, 0.15) is 13.8 Å². The zero-order chi connectivity index (χ0) is 9.61. The zero-order valence-corrected chi connectivity index (χ0v) is 8.30. The summed E-state index contributed by atoms with van der Waals surface area (Å²) >= 11 is 0. The number of rotatable bonds is 5. The molecule has 0 aliphatic heterocycles. The van der Waals surface area contributed by atoms with Crippen LogP contribution in [0.5, 0.6) is 0 Å². The molecule has 0 aliphatic carbocycles.